The molecule has 1 saturated heterocycles. The molecule has 3 atom stereocenters. The number of nitrogens with one attached hydrogen (secondary N) is 1. The van der Waals surface area contributed by atoms with Gasteiger partial charge >= 0.3 is 0 Å². The first-order valence-corrected chi connectivity index (χ1v) is 12.6. The molecule has 11 heteroatoms. The van der Waals surface area contributed by atoms with Crippen LogP contribution in [-0.4, -0.2) is 49.6 Å². The second-order valence-electron chi connectivity index (χ2n) is 10.2. The number of hydrogen-bond donors (Lipinski definition) is 2. The van der Waals surface area contributed by atoms with E-state index in [0.717, 1.165) is 13.0 Å². The SMILES string of the molecule is Cn1cc2c(C(F)F)c(-c3n[nH]c4nc(N5CC[C@@H]6[C@H](C5)[C@@]6(CN)c5ccccc5F)cnc34)ccc2n1. The first kappa shape index (κ1) is 23.2. The van der Waals surface area contributed by atoms with Gasteiger partial charge in [-0.25, -0.2) is 23.1 Å². The molecule has 0 spiro atoms. The van der Waals surface area contributed by atoms with Crippen LogP contribution >= 0.6 is 0 Å². The topological polar surface area (TPSA) is 102 Å². The van der Waals surface area contributed by atoms with E-state index in [1.165, 1.54) is 10.7 Å². The summed E-state index contributed by atoms with van der Waals surface area (Å²) in [5, 5.41) is 11.8. The van der Waals surface area contributed by atoms with E-state index in [4.69, 9.17) is 10.7 Å². The van der Waals surface area contributed by atoms with Crippen LogP contribution in [0, 0.1) is 17.7 Å². The van der Waals surface area contributed by atoms with Gasteiger partial charge in [0.25, 0.3) is 6.43 Å². The minimum Gasteiger partial charge on any atom is -0.355 e. The lowest BCUT2D eigenvalue weighted by molar-refractivity contribution is 0.153. The summed E-state index contributed by atoms with van der Waals surface area (Å²) in [6.45, 7) is 1.82. The third-order valence-corrected chi connectivity index (χ3v) is 8.44. The second kappa shape index (κ2) is 8.26. The molecule has 0 bridgehead atoms. The van der Waals surface area contributed by atoms with Crippen LogP contribution in [0.15, 0.2) is 48.8 Å². The van der Waals surface area contributed by atoms with Crippen LogP contribution in [0.25, 0.3) is 33.3 Å². The Bertz CT molecular complexity index is 1690. The zero-order valence-corrected chi connectivity index (χ0v) is 20.6. The second-order valence-corrected chi connectivity index (χ2v) is 10.2. The Morgan fingerprint density at radius 2 is 2.03 bits per heavy atom. The normalized spacial score (nSPS) is 22.9. The van der Waals surface area contributed by atoms with Crippen LogP contribution in [0.2, 0.25) is 0 Å². The largest absolute Gasteiger partial charge is 0.355 e. The standard InChI is InChI=1S/C27H25F3N8/c1-37-11-15-20(36-37)7-6-14(22(15)25(29)30)23-24-26(35-34-23)33-21(10-32-24)38-9-8-16-18(12-38)27(16,13-31)17-4-2-3-5-19(17)28/h2-7,10-11,16,18,25H,8-9,12-13,31H2,1H3,(H,33,34,35)/t16-,18+,27-/m1/s1. The van der Waals surface area contributed by atoms with Gasteiger partial charge in [0.1, 0.15) is 22.8 Å². The summed E-state index contributed by atoms with van der Waals surface area (Å²) < 4.78 is 44.6. The number of halogens is 3. The van der Waals surface area contributed by atoms with Crippen molar-refractivity contribution in [1.82, 2.24) is 29.9 Å². The van der Waals surface area contributed by atoms with Crippen molar-refractivity contribution in [3.63, 3.8) is 0 Å². The van der Waals surface area contributed by atoms with Gasteiger partial charge in [-0.15, -0.1) is 0 Å². The van der Waals surface area contributed by atoms with Crippen molar-refractivity contribution < 1.29 is 13.2 Å². The molecule has 7 rings (SSSR count). The van der Waals surface area contributed by atoms with Crippen molar-refractivity contribution >= 4 is 27.9 Å². The maximum Gasteiger partial charge on any atom is 0.265 e. The molecule has 0 unspecified atom stereocenters. The van der Waals surface area contributed by atoms with Crippen molar-refractivity contribution in [2.24, 2.45) is 24.6 Å². The van der Waals surface area contributed by atoms with E-state index in [0.29, 0.717) is 63.7 Å². The Labute approximate surface area is 215 Å². The molecule has 0 radical (unpaired) electrons. The van der Waals surface area contributed by atoms with Crippen molar-refractivity contribution in [2.75, 3.05) is 24.5 Å². The van der Waals surface area contributed by atoms with Crippen LogP contribution in [0.1, 0.15) is 24.0 Å². The first-order chi connectivity index (χ1) is 18.4. The zero-order valence-electron chi connectivity index (χ0n) is 20.6. The van der Waals surface area contributed by atoms with E-state index in [-0.39, 0.29) is 22.7 Å². The number of aryl methyl sites for hydroxylation is 1. The Kier molecular flexibility index (Phi) is 5.03. The van der Waals surface area contributed by atoms with Gasteiger partial charge in [-0.2, -0.15) is 10.2 Å². The number of benzene rings is 2. The van der Waals surface area contributed by atoms with Gasteiger partial charge < -0.3 is 10.6 Å². The number of anilines is 1. The number of H-pyrrole nitrogens is 1. The third kappa shape index (κ3) is 3.20. The number of aromatic amines is 1. The van der Waals surface area contributed by atoms with E-state index >= 15 is 0 Å². The molecule has 194 valence electrons. The lowest BCUT2D eigenvalue weighted by atomic mass is 9.91. The molecule has 5 aromatic rings. The average Bonchev–Trinajstić information content (AvgIpc) is 3.16. The molecule has 2 aliphatic rings. The van der Waals surface area contributed by atoms with Gasteiger partial charge in [-0.1, -0.05) is 18.2 Å². The van der Waals surface area contributed by atoms with Crippen LogP contribution < -0.4 is 10.6 Å². The average molecular weight is 519 g/mol. The molecule has 8 nitrogen and oxygen atoms in total. The molecule has 0 amide bonds. The highest BCUT2D eigenvalue weighted by Gasteiger charge is 2.66. The van der Waals surface area contributed by atoms with Crippen LogP contribution in [0.5, 0.6) is 0 Å². The van der Waals surface area contributed by atoms with E-state index in [9.17, 15) is 13.2 Å². The van der Waals surface area contributed by atoms with Gasteiger partial charge in [-0.05, 0) is 42.0 Å². The van der Waals surface area contributed by atoms with Gasteiger partial charge in [0.2, 0.25) is 0 Å². The van der Waals surface area contributed by atoms with Crippen molar-refractivity contribution in [2.45, 2.75) is 18.3 Å². The molecular weight excluding hydrogens is 493 g/mol. The maximum absolute atomic E-state index is 14.7. The number of hydrogen-bond acceptors (Lipinski definition) is 6. The van der Waals surface area contributed by atoms with Crippen molar-refractivity contribution in [3.8, 4) is 11.3 Å². The lowest BCUT2D eigenvalue weighted by Gasteiger charge is -2.26. The molecule has 1 aliphatic heterocycles. The molecule has 1 aliphatic carbocycles. The number of aromatic nitrogens is 6. The summed E-state index contributed by atoms with van der Waals surface area (Å²) in [7, 11) is 1.70. The van der Waals surface area contributed by atoms with Gasteiger partial charge in [-0.3, -0.25) is 9.78 Å². The Morgan fingerprint density at radius 1 is 1.18 bits per heavy atom. The number of rotatable bonds is 5. The van der Waals surface area contributed by atoms with E-state index in [1.54, 1.807) is 37.6 Å². The molecule has 2 aromatic carbocycles. The predicted octanol–water partition coefficient (Wildman–Crippen LogP) is 4.34. The number of fused-ring (bicyclic) bond motifs is 3. The summed E-state index contributed by atoms with van der Waals surface area (Å²) in [6, 6.07) is 10.2. The summed E-state index contributed by atoms with van der Waals surface area (Å²) in [6.07, 6.45) is 1.40. The molecule has 1 saturated carbocycles. The number of alkyl halides is 2. The molecule has 4 heterocycles. The number of nitrogens with two attached hydrogens (primary N) is 1. The van der Waals surface area contributed by atoms with E-state index in [1.807, 2.05) is 12.1 Å². The summed E-state index contributed by atoms with van der Waals surface area (Å²) in [5.41, 5.74) is 8.38. The quantitative estimate of drug-likeness (QED) is 0.359. The van der Waals surface area contributed by atoms with Crippen molar-refractivity contribution in [1.29, 1.82) is 0 Å². The van der Waals surface area contributed by atoms with E-state index in [2.05, 4.69) is 25.2 Å². The van der Waals surface area contributed by atoms with Gasteiger partial charge in [0.15, 0.2) is 5.65 Å². The van der Waals surface area contributed by atoms with Gasteiger partial charge in [0.05, 0.1) is 11.7 Å². The molecule has 3 aromatic heterocycles. The Balaban J connectivity index is 1.22. The fourth-order valence-electron chi connectivity index (χ4n) is 6.64. The van der Waals surface area contributed by atoms with Crippen molar-refractivity contribution in [3.05, 3.63) is 65.7 Å². The highest BCUT2D eigenvalue weighted by Crippen LogP contribution is 2.63. The van der Waals surface area contributed by atoms with E-state index < -0.39 is 6.43 Å². The fraction of sp³-hybridized carbons (Fsp3) is 0.333. The smallest absolute Gasteiger partial charge is 0.265 e. The first-order valence-electron chi connectivity index (χ1n) is 12.6. The third-order valence-electron chi connectivity index (χ3n) is 8.44. The van der Waals surface area contributed by atoms with Crippen LogP contribution in [-0.2, 0) is 12.5 Å². The van der Waals surface area contributed by atoms with Gasteiger partial charge in [0, 0.05) is 54.8 Å². The predicted molar refractivity (Wildman–Crippen MR) is 137 cm³/mol. The lowest BCUT2D eigenvalue weighted by Crippen LogP contribution is -2.32. The molecule has 3 N–H and O–H groups in total. The highest BCUT2D eigenvalue weighted by molar-refractivity contribution is 5.95. The van der Waals surface area contributed by atoms with Crippen LogP contribution in [0.4, 0.5) is 19.0 Å². The molecular formula is C27H25F3N8. The number of piperidine rings is 1. The highest BCUT2D eigenvalue weighted by atomic mass is 19.3. The minimum absolute atomic E-state index is 0.128. The zero-order chi connectivity index (χ0) is 26.2. The molecule has 38 heavy (non-hydrogen) atoms. The monoisotopic (exact) mass is 518 g/mol. The minimum atomic E-state index is -2.71. The summed E-state index contributed by atoms with van der Waals surface area (Å²) in [5.74, 6) is 0.992. The van der Waals surface area contributed by atoms with Crippen LogP contribution in [0.3, 0.4) is 0 Å². The maximum atomic E-state index is 14.7. The summed E-state index contributed by atoms with van der Waals surface area (Å²) >= 11 is 0. The fourth-order valence-corrected chi connectivity index (χ4v) is 6.64. The molecule has 2 fully saturated rings. The Hall–Kier alpha value is -3.99. The summed E-state index contributed by atoms with van der Waals surface area (Å²) in [4.78, 5) is 11.5. The Morgan fingerprint density at radius 3 is 2.82 bits per heavy atom. The number of nitrogens with zero attached hydrogens (tertiary/aromatic N) is 6.